The Morgan fingerprint density at radius 2 is 2.14 bits per heavy atom. The van der Waals surface area contributed by atoms with Gasteiger partial charge in [0.2, 0.25) is 0 Å². The predicted molar refractivity (Wildman–Crippen MR) is 82.1 cm³/mol. The van der Waals surface area contributed by atoms with E-state index in [1.807, 2.05) is 13.8 Å². The average molecular weight is 292 g/mol. The number of aryl methyl sites for hydroxylation is 1. The number of nitrogens with two attached hydrogens (primary N) is 1. The molecule has 21 heavy (non-hydrogen) atoms. The second-order valence-electron chi connectivity index (χ2n) is 5.86. The van der Waals surface area contributed by atoms with Gasteiger partial charge < -0.3 is 15.5 Å². The van der Waals surface area contributed by atoms with Crippen LogP contribution in [0.4, 0.5) is 11.6 Å². The molecule has 0 amide bonds. The Labute approximate surface area is 125 Å². The third-order valence-electron chi connectivity index (χ3n) is 4.35. The normalized spacial score (nSPS) is 25.7. The fraction of sp³-hybridized carbons (Fsp3) is 0.714. The molecule has 0 bridgehead atoms. The molecule has 2 aliphatic heterocycles. The number of rotatable bonds is 4. The van der Waals surface area contributed by atoms with Crippen molar-refractivity contribution in [3.63, 3.8) is 0 Å². The molecule has 2 saturated heterocycles. The van der Waals surface area contributed by atoms with Gasteiger partial charge in [-0.1, -0.05) is 0 Å². The summed E-state index contributed by atoms with van der Waals surface area (Å²) in [5, 5.41) is 3.38. The van der Waals surface area contributed by atoms with Crippen molar-refractivity contribution in [2.45, 2.75) is 38.8 Å². The second kappa shape index (κ2) is 6.13. The molecule has 4 N–H and O–H groups in total. The van der Waals surface area contributed by atoms with Gasteiger partial charge in [-0.2, -0.15) is 0 Å². The number of hydrogen-bond donors (Lipinski definition) is 3. The standard InChI is InChI=1S/C14H24N6O/c1-9-13(17-10(2)18-14(9)19-15)16-6-12-7-20-5-3-4-11(20)8-21-12/h11-12H,3-8,15H2,1-2H3,(H2,16,17,18,19). The fourth-order valence-corrected chi connectivity index (χ4v) is 3.16. The molecule has 3 heterocycles. The maximum atomic E-state index is 5.95. The molecular weight excluding hydrogens is 268 g/mol. The summed E-state index contributed by atoms with van der Waals surface area (Å²) in [7, 11) is 0. The van der Waals surface area contributed by atoms with Crippen LogP contribution in [0, 0.1) is 13.8 Å². The summed E-state index contributed by atoms with van der Waals surface area (Å²) in [5.74, 6) is 7.66. The van der Waals surface area contributed by atoms with Gasteiger partial charge in [0.15, 0.2) is 0 Å². The molecule has 3 rings (SSSR count). The van der Waals surface area contributed by atoms with Crippen LogP contribution >= 0.6 is 0 Å². The quantitative estimate of drug-likeness (QED) is 0.555. The van der Waals surface area contributed by atoms with Gasteiger partial charge in [0, 0.05) is 24.7 Å². The van der Waals surface area contributed by atoms with Crippen molar-refractivity contribution in [1.29, 1.82) is 0 Å². The smallest absolute Gasteiger partial charge is 0.148 e. The summed E-state index contributed by atoms with van der Waals surface area (Å²) < 4.78 is 5.95. The Hall–Kier alpha value is -1.44. The first-order valence-electron chi connectivity index (χ1n) is 7.58. The van der Waals surface area contributed by atoms with Gasteiger partial charge in [-0.3, -0.25) is 4.90 Å². The van der Waals surface area contributed by atoms with Gasteiger partial charge >= 0.3 is 0 Å². The first-order chi connectivity index (χ1) is 10.2. The maximum Gasteiger partial charge on any atom is 0.148 e. The minimum atomic E-state index is 0.211. The van der Waals surface area contributed by atoms with Gasteiger partial charge in [0.1, 0.15) is 17.5 Å². The van der Waals surface area contributed by atoms with E-state index in [4.69, 9.17) is 10.6 Å². The molecule has 0 spiro atoms. The number of hydrazine groups is 1. The monoisotopic (exact) mass is 292 g/mol. The lowest BCUT2D eigenvalue weighted by molar-refractivity contribution is -0.0416. The summed E-state index contributed by atoms with van der Waals surface area (Å²) in [6.07, 6.45) is 2.78. The van der Waals surface area contributed by atoms with E-state index in [-0.39, 0.29) is 6.10 Å². The van der Waals surface area contributed by atoms with Crippen molar-refractivity contribution in [2.75, 3.05) is 37.0 Å². The van der Waals surface area contributed by atoms with Gasteiger partial charge in [0.05, 0.1) is 12.7 Å². The van der Waals surface area contributed by atoms with Gasteiger partial charge in [-0.25, -0.2) is 15.8 Å². The van der Waals surface area contributed by atoms with Crippen LogP contribution in [0.2, 0.25) is 0 Å². The van der Waals surface area contributed by atoms with E-state index in [1.165, 1.54) is 19.4 Å². The summed E-state index contributed by atoms with van der Waals surface area (Å²) in [5.41, 5.74) is 3.54. The van der Waals surface area contributed by atoms with Crippen molar-refractivity contribution in [3.8, 4) is 0 Å². The SMILES string of the molecule is Cc1nc(NN)c(C)c(NCC2CN3CCCC3CO2)n1. The Balaban J connectivity index is 1.61. The number of ether oxygens (including phenoxy) is 1. The van der Waals surface area contributed by atoms with Gasteiger partial charge in [0.25, 0.3) is 0 Å². The summed E-state index contributed by atoms with van der Waals surface area (Å²) in [6.45, 7) is 7.63. The third-order valence-corrected chi connectivity index (χ3v) is 4.35. The van der Waals surface area contributed by atoms with Crippen LogP contribution in [0.5, 0.6) is 0 Å². The Morgan fingerprint density at radius 3 is 2.95 bits per heavy atom. The van der Waals surface area contributed by atoms with Crippen LogP contribution in [0.25, 0.3) is 0 Å². The Bertz CT molecular complexity index is 508. The largest absolute Gasteiger partial charge is 0.373 e. The molecule has 0 aliphatic carbocycles. The highest BCUT2D eigenvalue weighted by Crippen LogP contribution is 2.23. The maximum absolute atomic E-state index is 5.95. The molecule has 2 fully saturated rings. The van der Waals surface area contributed by atoms with Gasteiger partial charge in [-0.15, -0.1) is 0 Å². The number of nitrogens with zero attached hydrogens (tertiary/aromatic N) is 3. The second-order valence-corrected chi connectivity index (χ2v) is 5.86. The highest BCUT2D eigenvalue weighted by atomic mass is 16.5. The van der Waals surface area contributed by atoms with Crippen molar-refractivity contribution in [1.82, 2.24) is 14.9 Å². The number of morpholine rings is 1. The van der Waals surface area contributed by atoms with E-state index in [0.717, 1.165) is 31.1 Å². The number of aromatic nitrogens is 2. The average Bonchev–Trinajstić information content (AvgIpc) is 2.95. The minimum absolute atomic E-state index is 0.211. The zero-order chi connectivity index (χ0) is 14.8. The molecule has 2 atom stereocenters. The van der Waals surface area contributed by atoms with Crippen LogP contribution in [0.3, 0.4) is 0 Å². The van der Waals surface area contributed by atoms with Crippen LogP contribution in [0.1, 0.15) is 24.2 Å². The van der Waals surface area contributed by atoms with E-state index >= 15 is 0 Å². The van der Waals surface area contributed by atoms with E-state index in [0.29, 0.717) is 17.7 Å². The fourth-order valence-electron chi connectivity index (χ4n) is 3.16. The molecule has 7 heteroatoms. The first-order valence-corrected chi connectivity index (χ1v) is 7.58. The molecule has 1 aromatic heterocycles. The van der Waals surface area contributed by atoms with Crippen LogP contribution in [-0.2, 0) is 4.74 Å². The van der Waals surface area contributed by atoms with Crippen molar-refractivity contribution >= 4 is 11.6 Å². The lowest BCUT2D eigenvalue weighted by atomic mass is 10.2. The number of fused-ring (bicyclic) bond motifs is 1. The van der Waals surface area contributed by atoms with E-state index in [2.05, 4.69) is 25.6 Å². The molecule has 2 unspecified atom stereocenters. The lowest BCUT2D eigenvalue weighted by Gasteiger charge is -2.35. The molecule has 0 saturated carbocycles. The number of nitrogen functional groups attached to an aromatic ring is 1. The molecule has 7 nitrogen and oxygen atoms in total. The molecule has 1 aromatic rings. The minimum Gasteiger partial charge on any atom is -0.373 e. The van der Waals surface area contributed by atoms with Crippen molar-refractivity contribution in [3.05, 3.63) is 11.4 Å². The summed E-state index contributed by atoms with van der Waals surface area (Å²) in [4.78, 5) is 11.3. The van der Waals surface area contributed by atoms with Crippen LogP contribution < -0.4 is 16.6 Å². The zero-order valence-electron chi connectivity index (χ0n) is 12.7. The van der Waals surface area contributed by atoms with E-state index in [1.54, 1.807) is 0 Å². The Kier molecular flexibility index (Phi) is 4.23. The molecule has 2 aliphatic rings. The summed E-state index contributed by atoms with van der Waals surface area (Å²) >= 11 is 0. The number of anilines is 2. The first kappa shape index (κ1) is 14.5. The molecular formula is C14H24N6O. The highest BCUT2D eigenvalue weighted by molar-refractivity contribution is 5.56. The van der Waals surface area contributed by atoms with Gasteiger partial charge in [-0.05, 0) is 33.2 Å². The number of nitrogens with one attached hydrogen (secondary N) is 2. The van der Waals surface area contributed by atoms with Crippen LogP contribution in [-0.4, -0.2) is 53.3 Å². The van der Waals surface area contributed by atoms with Crippen molar-refractivity contribution < 1.29 is 4.74 Å². The lowest BCUT2D eigenvalue weighted by Crippen LogP contribution is -2.48. The molecule has 116 valence electrons. The van der Waals surface area contributed by atoms with E-state index < -0.39 is 0 Å². The third kappa shape index (κ3) is 3.09. The molecule has 0 aromatic carbocycles. The summed E-state index contributed by atoms with van der Waals surface area (Å²) in [6, 6.07) is 0.636. The van der Waals surface area contributed by atoms with Crippen molar-refractivity contribution in [2.24, 2.45) is 5.84 Å². The topological polar surface area (TPSA) is 88.3 Å². The predicted octanol–water partition coefficient (Wildman–Crippen LogP) is 0.654. The number of hydrogen-bond acceptors (Lipinski definition) is 7. The Morgan fingerprint density at radius 1 is 1.33 bits per heavy atom. The zero-order valence-corrected chi connectivity index (χ0v) is 12.7. The van der Waals surface area contributed by atoms with E-state index in [9.17, 15) is 0 Å². The molecule has 0 radical (unpaired) electrons. The van der Waals surface area contributed by atoms with Crippen LogP contribution in [0.15, 0.2) is 0 Å². The highest BCUT2D eigenvalue weighted by Gasteiger charge is 2.32.